The van der Waals surface area contributed by atoms with E-state index in [-0.39, 0.29) is 5.91 Å². The number of carbonyl (C=O) groups is 1. The number of carbonyl (C=O) groups excluding carboxylic acids is 1. The molecule has 1 aliphatic heterocycles. The minimum Gasteiger partial charge on any atom is -0.480 e. The van der Waals surface area contributed by atoms with Gasteiger partial charge in [0.05, 0.1) is 0 Å². The summed E-state index contributed by atoms with van der Waals surface area (Å²) in [7, 11) is 0. The molecule has 1 unspecified atom stereocenters. The molecule has 0 saturated carbocycles. The second-order valence-corrected chi connectivity index (χ2v) is 5.87. The Labute approximate surface area is 137 Å². The SMILES string of the molecule is Cc1cc(=O)oc2cc(NC(=O)C3Cc4ccccc4O3)ccc12. The number of hydrogen-bond donors (Lipinski definition) is 1. The van der Waals surface area contributed by atoms with Crippen LogP contribution in [0.2, 0.25) is 0 Å². The van der Waals surface area contributed by atoms with Crippen molar-refractivity contribution < 1.29 is 13.9 Å². The Morgan fingerprint density at radius 1 is 1.17 bits per heavy atom. The molecular formula is C19H15NO4. The van der Waals surface area contributed by atoms with E-state index in [1.165, 1.54) is 6.07 Å². The molecule has 120 valence electrons. The average Bonchev–Trinajstić information content (AvgIpc) is 2.98. The first-order valence-electron chi connectivity index (χ1n) is 7.70. The minimum atomic E-state index is -0.553. The van der Waals surface area contributed by atoms with Gasteiger partial charge in [0, 0.05) is 29.6 Å². The van der Waals surface area contributed by atoms with Crippen LogP contribution in [0, 0.1) is 6.92 Å². The fraction of sp³-hybridized carbons (Fsp3) is 0.158. The number of anilines is 1. The first-order chi connectivity index (χ1) is 11.6. The molecule has 1 N–H and O–H groups in total. The molecule has 1 atom stereocenters. The maximum atomic E-state index is 12.4. The zero-order valence-electron chi connectivity index (χ0n) is 13.0. The molecule has 0 fully saturated rings. The molecule has 1 aliphatic rings. The molecule has 3 aromatic rings. The number of rotatable bonds is 2. The monoisotopic (exact) mass is 321 g/mol. The van der Waals surface area contributed by atoms with Gasteiger partial charge in [-0.3, -0.25) is 4.79 Å². The summed E-state index contributed by atoms with van der Waals surface area (Å²) in [6.07, 6.45) is -0.00772. The van der Waals surface area contributed by atoms with Crippen molar-refractivity contribution in [3.05, 3.63) is 70.1 Å². The van der Waals surface area contributed by atoms with E-state index in [1.807, 2.05) is 37.3 Å². The van der Waals surface area contributed by atoms with Crippen molar-refractivity contribution in [2.75, 3.05) is 5.32 Å². The van der Waals surface area contributed by atoms with Crippen LogP contribution >= 0.6 is 0 Å². The average molecular weight is 321 g/mol. The number of fused-ring (bicyclic) bond motifs is 2. The second kappa shape index (κ2) is 5.53. The first-order valence-corrected chi connectivity index (χ1v) is 7.70. The largest absolute Gasteiger partial charge is 0.480 e. The van der Waals surface area contributed by atoms with Crippen LogP contribution in [-0.2, 0) is 11.2 Å². The van der Waals surface area contributed by atoms with Crippen LogP contribution in [0.4, 0.5) is 5.69 Å². The Kier molecular flexibility index (Phi) is 3.34. The van der Waals surface area contributed by atoms with Gasteiger partial charge >= 0.3 is 5.63 Å². The summed E-state index contributed by atoms with van der Waals surface area (Å²) in [5.41, 5.74) is 2.48. The lowest BCUT2D eigenvalue weighted by Gasteiger charge is -2.12. The number of hydrogen-bond acceptors (Lipinski definition) is 4. The van der Waals surface area contributed by atoms with E-state index in [0.29, 0.717) is 17.7 Å². The van der Waals surface area contributed by atoms with Gasteiger partial charge in [0.1, 0.15) is 11.3 Å². The van der Waals surface area contributed by atoms with E-state index in [1.54, 1.807) is 12.1 Å². The highest BCUT2D eigenvalue weighted by Crippen LogP contribution is 2.29. The highest BCUT2D eigenvalue weighted by atomic mass is 16.5. The van der Waals surface area contributed by atoms with E-state index in [0.717, 1.165) is 22.3 Å². The topological polar surface area (TPSA) is 68.5 Å². The molecule has 24 heavy (non-hydrogen) atoms. The Morgan fingerprint density at radius 3 is 2.83 bits per heavy atom. The molecule has 1 amide bonds. The summed E-state index contributed by atoms with van der Waals surface area (Å²) < 4.78 is 10.9. The number of amides is 1. The van der Waals surface area contributed by atoms with Crippen molar-refractivity contribution in [3.8, 4) is 5.75 Å². The van der Waals surface area contributed by atoms with Gasteiger partial charge in [-0.2, -0.15) is 0 Å². The van der Waals surface area contributed by atoms with Crippen molar-refractivity contribution in [2.45, 2.75) is 19.4 Å². The van der Waals surface area contributed by atoms with Crippen LogP contribution in [0.3, 0.4) is 0 Å². The van der Waals surface area contributed by atoms with Crippen molar-refractivity contribution >= 4 is 22.6 Å². The van der Waals surface area contributed by atoms with Crippen molar-refractivity contribution in [3.63, 3.8) is 0 Å². The van der Waals surface area contributed by atoms with E-state index < -0.39 is 11.7 Å². The van der Waals surface area contributed by atoms with Crippen molar-refractivity contribution in [1.82, 2.24) is 0 Å². The normalized spacial score (nSPS) is 15.8. The maximum absolute atomic E-state index is 12.4. The van der Waals surface area contributed by atoms with Crippen LogP contribution in [0.15, 0.2) is 57.7 Å². The van der Waals surface area contributed by atoms with Crippen LogP contribution in [0.1, 0.15) is 11.1 Å². The Hall–Kier alpha value is -3.08. The molecular weight excluding hydrogens is 306 g/mol. The van der Waals surface area contributed by atoms with Gasteiger partial charge in [-0.25, -0.2) is 4.79 Å². The third-order valence-corrected chi connectivity index (χ3v) is 4.16. The number of ether oxygens (including phenoxy) is 1. The predicted octanol–water partition coefficient (Wildman–Crippen LogP) is 3.04. The third kappa shape index (κ3) is 2.54. The molecule has 2 heterocycles. The standard InChI is InChI=1S/C19H15NO4/c1-11-8-18(21)24-16-10-13(6-7-14(11)16)20-19(22)17-9-12-4-2-3-5-15(12)23-17/h2-8,10,17H,9H2,1H3,(H,20,22). The lowest BCUT2D eigenvalue weighted by molar-refractivity contribution is -0.122. The highest BCUT2D eigenvalue weighted by Gasteiger charge is 2.28. The summed E-state index contributed by atoms with van der Waals surface area (Å²) >= 11 is 0. The third-order valence-electron chi connectivity index (χ3n) is 4.16. The predicted molar refractivity (Wildman–Crippen MR) is 90.4 cm³/mol. The van der Waals surface area contributed by atoms with Gasteiger partial charge in [-0.15, -0.1) is 0 Å². The van der Waals surface area contributed by atoms with E-state index in [4.69, 9.17) is 9.15 Å². The summed E-state index contributed by atoms with van der Waals surface area (Å²) in [6, 6.07) is 14.3. The zero-order valence-corrected chi connectivity index (χ0v) is 13.0. The molecule has 0 aliphatic carbocycles. The van der Waals surface area contributed by atoms with Crippen molar-refractivity contribution in [1.29, 1.82) is 0 Å². The van der Waals surface area contributed by atoms with Crippen LogP contribution in [0.5, 0.6) is 5.75 Å². The fourth-order valence-corrected chi connectivity index (χ4v) is 2.95. The molecule has 0 bridgehead atoms. The van der Waals surface area contributed by atoms with Gasteiger partial charge in [-0.1, -0.05) is 18.2 Å². The summed E-state index contributed by atoms with van der Waals surface area (Å²) in [4.78, 5) is 23.9. The van der Waals surface area contributed by atoms with Crippen molar-refractivity contribution in [2.24, 2.45) is 0 Å². The molecule has 0 radical (unpaired) electrons. The number of benzene rings is 2. The van der Waals surface area contributed by atoms with Gasteiger partial charge < -0.3 is 14.5 Å². The van der Waals surface area contributed by atoms with Gasteiger partial charge in [-0.05, 0) is 36.2 Å². The van der Waals surface area contributed by atoms with Crippen LogP contribution in [0.25, 0.3) is 11.0 Å². The van der Waals surface area contributed by atoms with E-state index >= 15 is 0 Å². The zero-order chi connectivity index (χ0) is 16.7. The van der Waals surface area contributed by atoms with E-state index in [9.17, 15) is 9.59 Å². The Balaban J connectivity index is 1.56. The quantitative estimate of drug-likeness (QED) is 0.737. The first kappa shape index (κ1) is 14.5. The van der Waals surface area contributed by atoms with Gasteiger partial charge in [0.15, 0.2) is 6.10 Å². The molecule has 4 rings (SSSR count). The maximum Gasteiger partial charge on any atom is 0.336 e. The molecule has 2 aromatic carbocycles. The highest BCUT2D eigenvalue weighted by molar-refractivity contribution is 5.97. The smallest absolute Gasteiger partial charge is 0.336 e. The van der Waals surface area contributed by atoms with Crippen LogP contribution in [-0.4, -0.2) is 12.0 Å². The number of aryl methyl sites for hydroxylation is 1. The lowest BCUT2D eigenvalue weighted by atomic mass is 10.1. The lowest BCUT2D eigenvalue weighted by Crippen LogP contribution is -2.31. The molecule has 1 aromatic heterocycles. The van der Waals surface area contributed by atoms with E-state index in [2.05, 4.69) is 5.32 Å². The van der Waals surface area contributed by atoms with Gasteiger partial charge in [0.25, 0.3) is 5.91 Å². The van der Waals surface area contributed by atoms with Crippen LogP contribution < -0.4 is 15.7 Å². The Morgan fingerprint density at radius 2 is 2.00 bits per heavy atom. The number of para-hydroxylation sites is 1. The minimum absolute atomic E-state index is 0.222. The second-order valence-electron chi connectivity index (χ2n) is 5.87. The molecule has 5 nitrogen and oxygen atoms in total. The number of nitrogens with one attached hydrogen (secondary N) is 1. The van der Waals surface area contributed by atoms with Gasteiger partial charge in [0.2, 0.25) is 0 Å². The Bertz CT molecular complexity index is 981. The molecule has 0 saturated heterocycles. The molecule has 0 spiro atoms. The summed E-state index contributed by atoms with van der Waals surface area (Å²) in [5.74, 6) is 0.526. The summed E-state index contributed by atoms with van der Waals surface area (Å²) in [5, 5.41) is 3.67. The molecule has 5 heteroatoms. The summed E-state index contributed by atoms with van der Waals surface area (Å²) in [6.45, 7) is 1.85. The fourth-order valence-electron chi connectivity index (χ4n) is 2.95.